The molecule has 0 aliphatic heterocycles. The van der Waals surface area contributed by atoms with Crippen LogP contribution in [0.3, 0.4) is 0 Å². The van der Waals surface area contributed by atoms with E-state index in [2.05, 4.69) is 10.3 Å². The van der Waals surface area contributed by atoms with Crippen LogP contribution in [0.15, 0.2) is 67.0 Å². The van der Waals surface area contributed by atoms with Crippen LogP contribution in [0.25, 0.3) is 10.1 Å². The Balaban J connectivity index is 1.41. The molecule has 1 amide bonds. The second-order valence-electron chi connectivity index (χ2n) is 6.80. The first-order chi connectivity index (χ1) is 14.5. The van der Waals surface area contributed by atoms with Gasteiger partial charge in [0.05, 0.1) is 11.1 Å². The standard InChI is InChI=1S/C23H18ClFN2O2S/c1-14(16-4-7-18(8-5-16)29-13-15-3-2-10-26-12-15)27-23(28)22-21(24)19-9-6-17(25)11-20(19)30-22/h2-12,14H,13H2,1H3,(H,27,28). The summed E-state index contributed by atoms with van der Waals surface area (Å²) in [7, 11) is 0. The maximum Gasteiger partial charge on any atom is 0.263 e. The van der Waals surface area contributed by atoms with Crippen molar-refractivity contribution in [3.05, 3.63) is 93.8 Å². The Labute approximate surface area is 182 Å². The molecule has 2 aromatic carbocycles. The number of carbonyl (C=O) groups excluding carboxylic acids is 1. The van der Waals surface area contributed by atoms with Crippen LogP contribution in [0, 0.1) is 5.82 Å². The average molecular weight is 441 g/mol. The zero-order valence-corrected chi connectivity index (χ0v) is 17.6. The highest BCUT2D eigenvalue weighted by atomic mass is 35.5. The SMILES string of the molecule is CC(NC(=O)c1sc2cc(F)ccc2c1Cl)c1ccc(OCc2cccnc2)cc1. The van der Waals surface area contributed by atoms with Crippen molar-refractivity contribution < 1.29 is 13.9 Å². The number of ether oxygens (including phenoxy) is 1. The molecule has 4 nitrogen and oxygen atoms in total. The molecule has 2 aromatic heterocycles. The third kappa shape index (κ3) is 4.45. The van der Waals surface area contributed by atoms with Crippen LogP contribution in [0.1, 0.15) is 33.8 Å². The highest BCUT2D eigenvalue weighted by Gasteiger charge is 2.19. The van der Waals surface area contributed by atoms with Gasteiger partial charge < -0.3 is 10.1 Å². The van der Waals surface area contributed by atoms with E-state index in [1.165, 1.54) is 23.5 Å². The minimum Gasteiger partial charge on any atom is -0.489 e. The van der Waals surface area contributed by atoms with Gasteiger partial charge in [-0.25, -0.2) is 4.39 Å². The van der Waals surface area contributed by atoms with Crippen LogP contribution in [-0.2, 0) is 6.61 Å². The van der Waals surface area contributed by atoms with Crippen LogP contribution in [0.4, 0.5) is 4.39 Å². The Kier molecular flexibility index (Phi) is 5.97. The number of thiophene rings is 1. The van der Waals surface area contributed by atoms with E-state index in [9.17, 15) is 9.18 Å². The van der Waals surface area contributed by atoms with Crippen LogP contribution in [-0.4, -0.2) is 10.9 Å². The first-order valence-corrected chi connectivity index (χ1v) is 10.5. The summed E-state index contributed by atoms with van der Waals surface area (Å²) in [6.45, 7) is 2.33. The number of pyridine rings is 1. The van der Waals surface area contributed by atoms with Crippen molar-refractivity contribution in [2.75, 3.05) is 0 Å². The lowest BCUT2D eigenvalue weighted by atomic mass is 10.1. The minimum absolute atomic E-state index is 0.233. The van der Waals surface area contributed by atoms with Crippen LogP contribution in [0.2, 0.25) is 5.02 Å². The summed E-state index contributed by atoms with van der Waals surface area (Å²) in [6.07, 6.45) is 3.48. The summed E-state index contributed by atoms with van der Waals surface area (Å²) in [6, 6.07) is 15.4. The molecule has 0 saturated carbocycles. The number of fused-ring (bicyclic) bond motifs is 1. The van der Waals surface area contributed by atoms with E-state index < -0.39 is 0 Å². The second-order valence-corrected chi connectivity index (χ2v) is 8.23. The Morgan fingerprint density at radius 2 is 2.03 bits per heavy atom. The Morgan fingerprint density at radius 3 is 2.77 bits per heavy atom. The number of carbonyl (C=O) groups is 1. The zero-order chi connectivity index (χ0) is 21.1. The maximum atomic E-state index is 13.4. The zero-order valence-electron chi connectivity index (χ0n) is 16.1. The number of hydrogen-bond acceptors (Lipinski definition) is 4. The number of benzene rings is 2. The highest BCUT2D eigenvalue weighted by Crippen LogP contribution is 2.36. The quantitative estimate of drug-likeness (QED) is 0.390. The predicted octanol–water partition coefficient (Wildman–Crippen LogP) is 6.16. The number of nitrogens with zero attached hydrogens (tertiary/aromatic N) is 1. The predicted molar refractivity (Wildman–Crippen MR) is 118 cm³/mol. The number of aromatic nitrogens is 1. The topological polar surface area (TPSA) is 51.2 Å². The molecule has 4 aromatic rings. The van der Waals surface area contributed by atoms with Crippen molar-refractivity contribution in [1.82, 2.24) is 10.3 Å². The summed E-state index contributed by atoms with van der Waals surface area (Å²) in [4.78, 5) is 17.2. The number of rotatable bonds is 6. The first-order valence-electron chi connectivity index (χ1n) is 9.31. The lowest BCUT2D eigenvalue weighted by Crippen LogP contribution is -2.26. The van der Waals surface area contributed by atoms with Gasteiger partial charge in [0, 0.05) is 28.0 Å². The molecule has 1 N–H and O–H groups in total. The van der Waals surface area contributed by atoms with Crippen molar-refractivity contribution in [3.63, 3.8) is 0 Å². The maximum absolute atomic E-state index is 13.4. The number of hydrogen-bond donors (Lipinski definition) is 1. The Hall–Kier alpha value is -2.96. The lowest BCUT2D eigenvalue weighted by Gasteiger charge is -2.15. The summed E-state index contributed by atoms with van der Waals surface area (Å²) in [5, 5.41) is 3.97. The summed E-state index contributed by atoms with van der Waals surface area (Å²) in [5.74, 6) is 0.0910. The molecule has 152 valence electrons. The molecule has 0 bridgehead atoms. The molecule has 1 atom stereocenters. The average Bonchev–Trinajstić information content (AvgIpc) is 3.09. The molecule has 0 saturated heterocycles. The molecule has 30 heavy (non-hydrogen) atoms. The monoisotopic (exact) mass is 440 g/mol. The highest BCUT2D eigenvalue weighted by molar-refractivity contribution is 7.21. The van der Waals surface area contributed by atoms with Crippen molar-refractivity contribution in [1.29, 1.82) is 0 Å². The van der Waals surface area contributed by atoms with Gasteiger partial charge in [-0.05, 0) is 48.9 Å². The smallest absolute Gasteiger partial charge is 0.263 e. The molecule has 1 unspecified atom stereocenters. The largest absolute Gasteiger partial charge is 0.489 e. The molecule has 0 spiro atoms. The molecular formula is C23H18ClFN2O2S. The van der Waals surface area contributed by atoms with Gasteiger partial charge in [-0.15, -0.1) is 11.3 Å². The number of nitrogens with one attached hydrogen (secondary N) is 1. The van der Waals surface area contributed by atoms with Gasteiger partial charge in [-0.2, -0.15) is 0 Å². The third-order valence-electron chi connectivity index (χ3n) is 4.65. The third-order valence-corrected chi connectivity index (χ3v) is 6.31. The first kappa shape index (κ1) is 20.3. The molecular weight excluding hydrogens is 423 g/mol. The van der Waals surface area contributed by atoms with E-state index in [1.807, 2.05) is 43.3 Å². The normalized spacial score (nSPS) is 12.0. The Morgan fingerprint density at radius 1 is 1.23 bits per heavy atom. The molecule has 0 aliphatic carbocycles. The van der Waals surface area contributed by atoms with Crippen LogP contribution >= 0.6 is 22.9 Å². The van der Waals surface area contributed by atoms with E-state index in [-0.39, 0.29) is 17.8 Å². The minimum atomic E-state index is -0.355. The van der Waals surface area contributed by atoms with E-state index in [1.54, 1.807) is 18.5 Å². The summed E-state index contributed by atoms with van der Waals surface area (Å²) < 4.78 is 19.9. The summed E-state index contributed by atoms with van der Waals surface area (Å²) >= 11 is 7.53. The fourth-order valence-electron chi connectivity index (χ4n) is 3.03. The van der Waals surface area contributed by atoms with Gasteiger partial charge in [0.15, 0.2) is 0 Å². The molecule has 4 rings (SSSR count). The van der Waals surface area contributed by atoms with Gasteiger partial charge in [-0.3, -0.25) is 9.78 Å². The van der Waals surface area contributed by atoms with Crippen molar-refractivity contribution in [2.45, 2.75) is 19.6 Å². The van der Waals surface area contributed by atoms with Crippen molar-refractivity contribution in [2.24, 2.45) is 0 Å². The van der Waals surface area contributed by atoms with Gasteiger partial charge in [0.2, 0.25) is 0 Å². The Bertz CT molecular complexity index is 1180. The van der Waals surface area contributed by atoms with E-state index in [4.69, 9.17) is 16.3 Å². The van der Waals surface area contributed by atoms with Gasteiger partial charge >= 0.3 is 0 Å². The van der Waals surface area contributed by atoms with Crippen molar-refractivity contribution in [3.8, 4) is 5.75 Å². The van der Waals surface area contributed by atoms with E-state index in [0.717, 1.165) is 16.9 Å². The molecule has 0 aliphatic rings. The molecule has 0 fully saturated rings. The summed E-state index contributed by atoms with van der Waals surface area (Å²) in [5.41, 5.74) is 1.92. The van der Waals surface area contributed by atoms with Crippen molar-refractivity contribution >= 4 is 38.9 Å². The van der Waals surface area contributed by atoms with E-state index >= 15 is 0 Å². The molecule has 0 radical (unpaired) electrons. The van der Waals surface area contributed by atoms with Crippen LogP contribution < -0.4 is 10.1 Å². The second kappa shape index (κ2) is 8.81. The van der Waals surface area contributed by atoms with Gasteiger partial charge in [0.1, 0.15) is 23.1 Å². The molecule has 7 heteroatoms. The van der Waals surface area contributed by atoms with Crippen LogP contribution in [0.5, 0.6) is 5.75 Å². The van der Waals surface area contributed by atoms with E-state index in [0.29, 0.717) is 26.6 Å². The fraction of sp³-hybridized carbons (Fsp3) is 0.130. The number of halogens is 2. The fourth-order valence-corrected chi connectivity index (χ4v) is 4.48. The van der Waals surface area contributed by atoms with Gasteiger partial charge in [0.25, 0.3) is 5.91 Å². The van der Waals surface area contributed by atoms with Gasteiger partial charge in [-0.1, -0.05) is 29.8 Å². The molecule has 2 heterocycles. The number of amides is 1. The lowest BCUT2D eigenvalue weighted by molar-refractivity contribution is 0.0944.